The van der Waals surface area contributed by atoms with E-state index in [0.29, 0.717) is 17.5 Å². The summed E-state index contributed by atoms with van der Waals surface area (Å²) in [6, 6.07) is 17.9. The Morgan fingerprint density at radius 2 is 1.94 bits per heavy atom. The minimum Gasteiger partial charge on any atom is -0.489 e. The third kappa shape index (κ3) is 5.06. The molecule has 3 aromatic rings. The Morgan fingerprint density at radius 3 is 2.62 bits per heavy atom. The Hall–Kier alpha value is -2.61. The second-order valence-corrected chi connectivity index (χ2v) is 10.8. The summed E-state index contributed by atoms with van der Waals surface area (Å²) < 4.78 is 5.85. The summed E-state index contributed by atoms with van der Waals surface area (Å²) in [5.74, 6) is 1.43. The highest BCUT2D eigenvalue weighted by Crippen LogP contribution is 2.44. The second-order valence-electron chi connectivity index (χ2n) is 9.31. The van der Waals surface area contributed by atoms with E-state index in [9.17, 15) is 5.26 Å². The molecular weight excluding hydrogens is 436 g/mol. The summed E-state index contributed by atoms with van der Waals surface area (Å²) in [5.41, 5.74) is 4.19. The maximum absolute atomic E-state index is 9.75. The Balaban J connectivity index is 1.45. The summed E-state index contributed by atoms with van der Waals surface area (Å²) in [6.07, 6.45) is 4.99. The fourth-order valence-corrected chi connectivity index (χ4v) is 5.49. The van der Waals surface area contributed by atoms with Gasteiger partial charge in [-0.1, -0.05) is 50.6 Å². The number of aliphatic imine (C=N–C) groups is 1. The summed E-state index contributed by atoms with van der Waals surface area (Å²) in [7, 11) is 0. The smallest absolute Gasteiger partial charge is 0.134 e. The Morgan fingerprint density at radius 1 is 1.19 bits per heavy atom. The standard InChI is InChI=1S/C27H27ClN2OS/c1-27(2,3)20-10-13-22-23(15-29)26(32-25(22)14-20)30-16-18-8-11-21(12-9-18)31-17-19-6-4-5-7-24(19)28/h4-9,11-12,16,20H,10,13-14,17H2,1-3H3/t20-/m0/s1. The predicted molar refractivity (Wildman–Crippen MR) is 133 cm³/mol. The first-order valence-electron chi connectivity index (χ1n) is 10.9. The molecule has 2 aromatic carbocycles. The van der Waals surface area contributed by atoms with Crippen molar-refractivity contribution in [3.05, 3.63) is 80.7 Å². The van der Waals surface area contributed by atoms with Crippen LogP contribution in [-0.4, -0.2) is 6.21 Å². The van der Waals surface area contributed by atoms with Gasteiger partial charge in [0, 0.05) is 21.7 Å². The fraction of sp³-hybridized carbons (Fsp3) is 0.333. The van der Waals surface area contributed by atoms with Gasteiger partial charge in [-0.25, -0.2) is 4.99 Å². The van der Waals surface area contributed by atoms with E-state index in [2.05, 4.69) is 31.8 Å². The molecule has 32 heavy (non-hydrogen) atoms. The van der Waals surface area contributed by atoms with Crippen molar-refractivity contribution in [3.8, 4) is 11.8 Å². The highest BCUT2D eigenvalue weighted by Gasteiger charge is 2.32. The van der Waals surface area contributed by atoms with Crippen LogP contribution in [0.2, 0.25) is 5.02 Å². The number of ether oxygens (including phenoxy) is 1. The van der Waals surface area contributed by atoms with Crippen molar-refractivity contribution in [2.75, 3.05) is 0 Å². The van der Waals surface area contributed by atoms with Crippen molar-refractivity contribution in [1.29, 1.82) is 5.26 Å². The summed E-state index contributed by atoms with van der Waals surface area (Å²) >= 11 is 7.87. The lowest BCUT2D eigenvalue weighted by Crippen LogP contribution is -2.26. The molecule has 1 aromatic heterocycles. The first-order valence-corrected chi connectivity index (χ1v) is 12.1. The average Bonchev–Trinajstić information content (AvgIpc) is 3.14. The number of benzene rings is 2. The van der Waals surface area contributed by atoms with Gasteiger partial charge in [-0.2, -0.15) is 5.26 Å². The monoisotopic (exact) mass is 462 g/mol. The van der Waals surface area contributed by atoms with E-state index in [-0.39, 0.29) is 5.41 Å². The van der Waals surface area contributed by atoms with E-state index in [0.717, 1.165) is 46.7 Å². The lowest BCUT2D eigenvalue weighted by atomic mass is 9.72. The first kappa shape index (κ1) is 22.6. The van der Waals surface area contributed by atoms with E-state index < -0.39 is 0 Å². The topological polar surface area (TPSA) is 45.4 Å². The molecule has 1 aliphatic rings. The van der Waals surface area contributed by atoms with Crippen LogP contribution in [0.15, 0.2) is 53.5 Å². The summed E-state index contributed by atoms with van der Waals surface area (Å²) in [4.78, 5) is 6.02. The van der Waals surface area contributed by atoms with E-state index in [1.165, 1.54) is 10.4 Å². The minimum atomic E-state index is 0.285. The third-order valence-electron chi connectivity index (χ3n) is 6.15. The van der Waals surface area contributed by atoms with Crippen molar-refractivity contribution in [1.82, 2.24) is 0 Å². The van der Waals surface area contributed by atoms with E-state index in [1.807, 2.05) is 54.7 Å². The van der Waals surface area contributed by atoms with Crippen LogP contribution >= 0.6 is 22.9 Å². The third-order valence-corrected chi connectivity index (χ3v) is 7.68. The Bertz CT molecular complexity index is 1170. The van der Waals surface area contributed by atoms with Crippen LogP contribution in [0.3, 0.4) is 0 Å². The highest BCUT2D eigenvalue weighted by atomic mass is 35.5. The van der Waals surface area contributed by atoms with Crippen molar-refractivity contribution >= 4 is 34.2 Å². The number of nitrogens with zero attached hydrogens (tertiary/aromatic N) is 2. The van der Waals surface area contributed by atoms with Gasteiger partial charge in [-0.15, -0.1) is 11.3 Å². The minimum absolute atomic E-state index is 0.285. The zero-order valence-electron chi connectivity index (χ0n) is 18.7. The SMILES string of the molecule is CC(C)(C)[C@H]1CCc2c(sc(N=Cc3ccc(OCc4ccccc4Cl)cc3)c2C#N)C1. The molecule has 0 saturated carbocycles. The number of hydrogen-bond acceptors (Lipinski definition) is 4. The molecule has 0 aliphatic heterocycles. The zero-order valence-corrected chi connectivity index (χ0v) is 20.3. The van der Waals surface area contributed by atoms with Crippen molar-refractivity contribution in [2.45, 2.75) is 46.6 Å². The van der Waals surface area contributed by atoms with Crippen LogP contribution in [0.1, 0.15) is 54.3 Å². The van der Waals surface area contributed by atoms with Gasteiger partial charge in [-0.05, 0) is 72.1 Å². The number of hydrogen-bond donors (Lipinski definition) is 0. The number of fused-ring (bicyclic) bond motifs is 1. The van der Waals surface area contributed by atoms with Gasteiger partial charge in [0.15, 0.2) is 0 Å². The van der Waals surface area contributed by atoms with Gasteiger partial charge < -0.3 is 4.74 Å². The maximum Gasteiger partial charge on any atom is 0.134 e. The van der Waals surface area contributed by atoms with Crippen LogP contribution in [0.5, 0.6) is 5.75 Å². The normalized spacial score (nSPS) is 16.0. The van der Waals surface area contributed by atoms with Gasteiger partial charge in [0.1, 0.15) is 23.4 Å². The number of thiophene rings is 1. The van der Waals surface area contributed by atoms with Crippen LogP contribution in [0.4, 0.5) is 5.00 Å². The lowest BCUT2D eigenvalue weighted by Gasteiger charge is -2.33. The Kier molecular flexibility index (Phi) is 6.69. The van der Waals surface area contributed by atoms with Crippen LogP contribution in [0.25, 0.3) is 0 Å². The molecule has 1 aliphatic carbocycles. The van der Waals surface area contributed by atoms with Crippen molar-refractivity contribution < 1.29 is 4.74 Å². The number of rotatable bonds is 5. The largest absolute Gasteiger partial charge is 0.489 e. The van der Waals surface area contributed by atoms with E-state index >= 15 is 0 Å². The molecule has 164 valence electrons. The van der Waals surface area contributed by atoms with E-state index in [1.54, 1.807) is 11.3 Å². The first-order chi connectivity index (χ1) is 15.3. The van der Waals surface area contributed by atoms with Gasteiger partial charge >= 0.3 is 0 Å². The fourth-order valence-electron chi connectivity index (χ4n) is 4.08. The molecule has 0 radical (unpaired) electrons. The number of nitriles is 1. The van der Waals surface area contributed by atoms with E-state index in [4.69, 9.17) is 16.3 Å². The Labute approximate surface area is 199 Å². The molecular formula is C27H27ClN2OS. The molecule has 1 atom stereocenters. The van der Waals surface area contributed by atoms with Crippen LogP contribution < -0.4 is 4.74 Å². The molecule has 4 rings (SSSR count). The summed E-state index contributed by atoms with van der Waals surface area (Å²) in [5, 5.41) is 11.3. The molecule has 3 nitrogen and oxygen atoms in total. The average molecular weight is 463 g/mol. The zero-order chi connectivity index (χ0) is 22.7. The molecule has 0 N–H and O–H groups in total. The second kappa shape index (κ2) is 9.48. The molecule has 0 amide bonds. The summed E-state index contributed by atoms with van der Waals surface area (Å²) in [6.45, 7) is 7.35. The lowest BCUT2D eigenvalue weighted by molar-refractivity contribution is 0.218. The molecule has 1 heterocycles. The molecule has 0 bridgehead atoms. The molecule has 0 fully saturated rings. The maximum atomic E-state index is 9.75. The van der Waals surface area contributed by atoms with Crippen LogP contribution in [-0.2, 0) is 19.4 Å². The van der Waals surface area contributed by atoms with Crippen molar-refractivity contribution in [2.24, 2.45) is 16.3 Å². The molecule has 0 saturated heterocycles. The quantitative estimate of drug-likeness (QED) is 0.364. The van der Waals surface area contributed by atoms with Gasteiger partial charge in [-0.3, -0.25) is 0 Å². The molecule has 0 unspecified atom stereocenters. The number of halogens is 1. The van der Waals surface area contributed by atoms with Gasteiger partial charge in [0.2, 0.25) is 0 Å². The predicted octanol–water partition coefficient (Wildman–Crippen LogP) is 7.75. The van der Waals surface area contributed by atoms with Crippen LogP contribution in [0, 0.1) is 22.7 Å². The molecule has 5 heteroatoms. The highest BCUT2D eigenvalue weighted by molar-refractivity contribution is 7.16. The van der Waals surface area contributed by atoms with Crippen molar-refractivity contribution in [3.63, 3.8) is 0 Å². The van der Waals surface area contributed by atoms with Gasteiger partial charge in [0.05, 0.1) is 5.56 Å². The molecule has 0 spiro atoms. The van der Waals surface area contributed by atoms with Gasteiger partial charge in [0.25, 0.3) is 0 Å².